The van der Waals surface area contributed by atoms with Crippen molar-refractivity contribution in [2.75, 3.05) is 38.3 Å². The Labute approximate surface area is 131 Å². The van der Waals surface area contributed by atoms with Crippen LogP contribution in [0.3, 0.4) is 0 Å². The number of hydrogen-bond acceptors (Lipinski definition) is 4. The third-order valence-corrected chi connectivity index (χ3v) is 4.68. The molecule has 2 rings (SSSR count). The van der Waals surface area contributed by atoms with Gasteiger partial charge >= 0.3 is 0 Å². The van der Waals surface area contributed by atoms with Crippen LogP contribution in [0.2, 0.25) is 0 Å². The lowest BCUT2D eigenvalue weighted by atomic mass is 10.1. The Morgan fingerprint density at radius 3 is 2.90 bits per heavy atom. The molecule has 0 aromatic heterocycles. The number of nitrogens with zero attached hydrogens (tertiary/aromatic N) is 1. The number of thioether (sulfide) groups is 1. The SMILES string of the molecule is COCCN(Cc1ccccc1)C(=O)CC1CSCCN1. The number of rotatable bonds is 7. The maximum atomic E-state index is 12.5. The lowest BCUT2D eigenvalue weighted by molar-refractivity contribution is -0.132. The van der Waals surface area contributed by atoms with Crippen LogP contribution in [0, 0.1) is 0 Å². The van der Waals surface area contributed by atoms with Gasteiger partial charge < -0.3 is 15.0 Å². The lowest BCUT2D eigenvalue weighted by Gasteiger charge is -2.27. The van der Waals surface area contributed by atoms with Crippen molar-refractivity contribution in [2.45, 2.75) is 19.0 Å². The normalized spacial score (nSPS) is 18.4. The summed E-state index contributed by atoms with van der Waals surface area (Å²) in [5.74, 6) is 2.37. The zero-order chi connectivity index (χ0) is 14.9. The molecule has 0 radical (unpaired) electrons. The van der Waals surface area contributed by atoms with Crippen molar-refractivity contribution in [3.05, 3.63) is 35.9 Å². The Kier molecular flexibility index (Phi) is 7.06. The predicted molar refractivity (Wildman–Crippen MR) is 87.5 cm³/mol. The lowest BCUT2D eigenvalue weighted by Crippen LogP contribution is -2.43. The summed E-state index contributed by atoms with van der Waals surface area (Å²) in [5.41, 5.74) is 1.16. The molecule has 1 aliphatic heterocycles. The van der Waals surface area contributed by atoms with Crippen LogP contribution in [-0.2, 0) is 16.1 Å². The third kappa shape index (κ3) is 5.69. The van der Waals surface area contributed by atoms with Gasteiger partial charge in [-0.2, -0.15) is 11.8 Å². The van der Waals surface area contributed by atoms with Gasteiger partial charge in [0, 0.05) is 50.7 Å². The smallest absolute Gasteiger partial charge is 0.224 e. The number of benzene rings is 1. The Balaban J connectivity index is 1.92. The number of hydrogen-bond donors (Lipinski definition) is 1. The molecule has 1 saturated heterocycles. The van der Waals surface area contributed by atoms with E-state index in [2.05, 4.69) is 17.4 Å². The zero-order valence-electron chi connectivity index (χ0n) is 12.6. The van der Waals surface area contributed by atoms with Crippen LogP contribution in [0.25, 0.3) is 0 Å². The van der Waals surface area contributed by atoms with E-state index in [0.717, 1.165) is 23.6 Å². The topological polar surface area (TPSA) is 41.6 Å². The first kappa shape index (κ1) is 16.3. The second-order valence-corrected chi connectivity index (χ2v) is 6.37. The molecule has 0 spiro atoms. The summed E-state index contributed by atoms with van der Waals surface area (Å²) in [5, 5.41) is 3.43. The summed E-state index contributed by atoms with van der Waals surface area (Å²) < 4.78 is 5.14. The Morgan fingerprint density at radius 1 is 1.43 bits per heavy atom. The molecule has 1 fully saturated rings. The minimum Gasteiger partial charge on any atom is -0.383 e. The van der Waals surface area contributed by atoms with E-state index in [1.54, 1.807) is 7.11 Å². The summed E-state index contributed by atoms with van der Waals surface area (Å²) in [6.07, 6.45) is 0.573. The van der Waals surface area contributed by atoms with E-state index in [1.165, 1.54) is 0 Å². The Hall–Kier alpha value is -1.04. The van der Waals surface area contributed by atoms with Crippen LogP contribution in [0.5, 0.6) is 0 Å². The highest BCUT2D eigenvalue weighted by molar-refractivity contribution is 7.99. The molecular formula is C16H24N2O2S. The second kappa shape index (κ2) is 9.07. The molecule has 116 valence electrons. The third-order valence-electron chi connectivity index (χ3n) is 3.55. The van der Waals surface area contributed by atoms with Crippen molar-refractivity contribution < 1.29 is 9.53 Å². The van der Waals surface area contributed by atoms with Gasteiger partial charge in [-0.3, -0.25) is 4.79 Å². The minimum absolute atomic E-state index is 0.205. The number of carbonyl (C=O) groups is 1. The standard InChI is InChI=1S/C16H24N2O2S/c1-20-9-8-18(12-14-5-3-2-4-6-14)16(19)11-15-13-21-10-7-17-15/h2-6,15,17H,7-13H2,1H3. The van der Waals surface area contributed by atoms with Crippen molar-refractivity contribution in [3.63, 3.8) is 0 Å². The molecular weight excluding hydrogens is 284 g/mol. The number of ether oxygens (including phenoxy) is 1. The van der Waals surface area contributed by atoms with E-state index < -0.39 is 0 Å². The molecule has 1 aromatic carbocycles. The maximum absolute atomic E-state index is 12.5. The van der Waals surface area contributed by atoms with E-state index in [9.17, 15) is 4.79 Å². The summed E-state index contributed by atoms with van der Waals surface area (Å²) in [7, 11) is 1.67. The van der Waals surface area contributed by atoms with Gasteiger partial charge in [-0.1, -0.05) is 30.3 Å². The number of methoxy groups -OCH3 is 1. The largest absolute Gasteiger partial charge is 0.383 e. The first-order chi connectivity index (χ1) is 10.3. The van der Waals surface area contributed by atoms with Crippen LogP contribution in [0.1, 0.15) is 12.0 Å². The molecule has 1 unspecified atom stereocenters. The maximum Gasteiger partial charge on any atom is 0.224 e. The van der Waals surface area contributed by atoms with Crippen LogP contribution in [0.15, 0.2) is 30.3 Å². The highest BCUT2D eigenvalue weighted by Gasteiger charge is 2.21. The van der Waals surface area contributed by atoms with Crippen LogP contribution in [0.4, 0.5) is 0 Å². The van der Waals surface area contributed by atoms with E-state index in [1.807, 2.05) is 34.9 Å². The van der Waals surface area contributed by atoms with Gasteiger partial charge in [0.1, 0.15) is 0 Å². The molecule has 5 heteroatoms. The first-order valence-corrected chi connectivity index (χ1v) is 8.57. The molecule has 4 nitrogen and oxygen atoms in total. The van der Waals surface area contributed by atoms with Crippen molar-refractivity contribution >= 4 is 17.7 Å². The summed E-state index contributed by atoms with van der Waals surface area (Å²) in [6.45, 7) is 2.87. The molecule has 1 aromatic rings. The predicted octanol–water partition coefficient (Wildman–Crippen LogP) is 1.76. The van der Waals surface area contributed by atoms with Crippen molar-refractivity contribution in [1.29, 1.82) is 0 Å². The molecule has 0 saturated carbocycles. The fraction of sp³-hybridized carbons (Fsp3) is 0.562. The van der Waals surface area contributed by atoms with E-state index in [-0.39, 0.29) is 5.91 Å². The Bertz CT molecular complexity index is 422. The molecule has 21 heavy (non-hydrogen) atoms. The highest BCUT2D eigenvalue weighted by Crippen LogP contribution is 2.13. The summed E-state index contributed by atoms with van der Waals surface area (Å²) >= 11 is 1.92. The molecule has 0 aliphatic carbocycles. The van der Waals surface area contributed by atoms with Gasteiger partial charge in [0.2, 0.25) is 5.91 Å². The van der Waals surface area contributed by atoms with E-state index in [4.69, 9.17) is 4.74 Å². The molecule has 1 N–H and O–H groups in total. The van der Waals surface area contributed by atoms with E-state index in [0.29, 0.717) is 32.2 Å². The van der Waals surface area contributed by atoms with Gasteiger partial charge in [-0.05, 0) is 5.56 Å². The van der Waals surface area contributed by atoms with Crippen LogP contribution < -0.4 is 5.32 Å². The molecule has 1 aliphatic rings. The number of amides is 1. The highest BCUT2D eigenvalue weighted by atomic mass is 32.2. The number of carbonyl (C=O) groups excluding carboxylic acids is 1. The monoisotopic (exact) mass is 308 g/mol. The van der Waals surface area contributed by atoms with Gasteiger partial charge in [-0.15, -0.1) is 0 Å². The van der Waals surface area contributed by atoms with Crippen LogP contribution >= 0.6 is 11.8 Å². The molecule has 1 atom stereocenters. The van der Waals surface area contributed by atoms with Crippen molar-refractivity contribution in [2.24, 2.45) is 0 Å². The summed E-state index contributed by atoms with van der Waals surface area (Å²) in [4.78, 5) is 14.4. The quantitative estimate of drug-likeness (QED) is 0.833. The zero-order valence-corrected chi connectivity index (χ0v) is 13.4. The fourth-order valence-corrected chi connectivity index (χ4v) is 3.34. The average Bonchev–Trinajstić information content (AvgIpc) is 2.53. The van der Waals surface area contributed by atoms with Gasteiger partial charge in [0.05, 0.1) is 6.61 Å². The van der Waals surface area contributed by atoms with Crippen molar-refractivity contribution in [1.82, 2.24) is 10.2 Å². The fourth-order valence-electron chi connectivity index (χ4n) is 2.39. The van der Waals surface area contributed by atoms with Gasteiger partial charge in [0.15, 0.2) is 0 Å². The van der Waals surface area contributed by atoms with Gasteiger partial charge in [0.25, 0.3) is 0 Å². The average molecular weight is 308 g/mol. The molecule has 1 heterocycles. The van der Waals surface area contributed by atoms with Crippen LogP contribution in [-0.4, -0.2) is 55.2 Å². The minimum atomic E-state index is 0.205. The molecule has 0 bridgehead atoms. The number of nitrogens with one attached hydrogen (secondary N) is 1. The Morgan fingerprint density at radius 2 is 2.24 bits per heavy atom. The first-order valence-electron chi connectivity index (χ1n) is 7.41. The van der Waals surface area contributed by atoms with Gasteiger partial charge in [-0.25, -0.2) is 0 Å². The van der Waals surface area contributed by atoms with Crippen molar-refractivity contribution in [3.8, 4) is 0 Å². The molecule has 1 amide bonds. The summed E-state index contributed by atoms with van der Waals surface area (Å²) in [6, 6.07) is 10.4. The van der Waals surface area contributed by atoms with E-state index >= 15 is 0 Å². The second-order valence-electron chi connectivity index (χ2n) is 5.22.